The van der Waals surface area contributed by atoms with Gasteiger partial charge in [-0.3, -0.25) is 0 Å². The van der Waals surface area contributed by atoms with E-state index in [1.807, 2.05) is 11.8 Å². The van der Waals surface area contributed by atoms with Gasteiger partial charge in [0.1, 0.15) is 0 Å². The molecule has 1 fully saturated rings. The van der Waals surface area contributed by atoms with Crippen LogP contribution in [0.2, 0.25) is 0 Å². The Morgan fingerprint density at radius 3 is 2.57 bits per heavy atom. The molecule has 1 saturated carbocycles. The van der Waals surface area contributed by atoms with Crippen molar-refractivity contribution in [3.05, 3.63) is 11.0 Å². The number of alkyl halides is 1. The molecule has 0 aromatic carbocycles. The molecule has 0 bridgehead atoms. The van der Waals surface area contributed by atoms with E-state index in [4.69, 9.17) is 5.73 Å². The van der Waals surface area contributed by atoms with E-state index in [0.29, 0.717) is 0 Å². The van der Waals surface area contributed by atoms with E-state index in [-0.39, 0.29) is 5.54 Å². The molecule has 82 valence electrons. The standard InChI is InChI=1S/C11H20BrNS/c1-2-6-10(14-9-12)11(13)7-4-3-5-8-11/h6H,2-5,7-9,13H2,1H3/b10-6-. The Bertz CT molecular complexity index is 197. The van der Waals surface area contributed by atoms with Gasteiger partial charge in [0, 0.05) is 10.4 Å². The molecule has 0 spiro atoms. The summed E-state index contributed by atoms with van der Waals surface area (Å²) in [5.74, 6) is 0. The number of halogens is 1. The maximum absolute atomic E-state index is 6.47. The van der Waals surface area contributed by atoms with Gasteiger partial charge < -0.3 is 5.73 Å². The molecule has 1 rings (SSSR count). The Morgan fingerprint density at radius 1 is 1.43 bits per heavy atom. The lowest BCUT2D eigenvalue weighted by Crippen LogP contribution is -2.42. The van der Waals surface area contributed by atoms with Crippen LogP contribution in [0.25, 0.3) is 0 Å². The van der Waals surface area contributed by atoms with Gasteiger partial charge in [-0.05, 0) is 19.3 Å². The van der Waals surface area contributed by atoms with Gasteiger partial charge in [-0.2, -0.15) is 0 Å². The highest BCUT2D eigenvalue weighted by Crippen LogP contribution is 2.38. The quantitative estimate of drug-likeness (QED) is 0.786. The largest absolute Gasteiger partial charge is 0.321 e. The predicted octanol–water partition coefficient (Wildman–Crippen LogP) is 4.03. The lowest BCUT2D eigenvalue weighted by molar-refractivity contribution is 0.353. The molecule has 2 N–H and O–H groups in total. The Kier molecular flexibility index (Phi) is 5.57. The number of thioether (sulfide) groups is 1. The van der Waals surface area contributed by atoms with Crippen LogP contribution in [0.15, 0.2) is 11.0 Å². The van der Waals surface area contributed by atoms with Crippen LogP contribution < -0.4 is 5.73 Å². The van der Waals surface area contributed by atoms with Gasteiger partial charge in [-0.15, -0.1) is 11.8 Å². The second-order valence-electron chi connectivity index (χ2n) is 3.95. The summed E-state index contributed by atoms with van der Waals surface area (Å²) >= 11 is 5.34. The molecule has 1 aliphatic rings. The summed E-state index contributed by atoms with van der Waals surface area (Å²) in [6.45, 7) is 2.18. The van der Waals surface area contributed by atoms with Crippen LogP contribution in [-0.4, -0.2) is 10.2 Å². The van der Waals surface area contributed by atoms with Crippen molar-refractivity contribution in [2.75, 3.05) is 4.66 Å². The smallest absolute Gasteiger partial charge is 0.0534 e. The Balaban J connectivity index is 2.68. The molecule has 1 nitrogen and oxygen atoms in total. The summed E-state index contributed by atoms with van der Waals surface area (Å²) in [6.07, 6.45) is 9.67. The first kappa shape index (κ1) is 12.6. The molecule has 0 aromatic heterocycles. The van der Waals surface area contributed by atoms with Gasteiger partial charge in [-0.1, -0.05) is 48.2 Å². The maximum Gasteiger partial charge on any atom is 0.0534 e. The second kappa shape index (κ2) is 6.19. The normalized spacial score (nSPS) is 22.4. The zero-order chi connectivity index (χ0) is 10.4. The van der Waals surface area contributed by atoms with Gasteiger partial charge in [0.25, 0.3) is 0 Å². The Labute approximate surface area is 100 Å². The van der Waals surface area contributed by atoms with Crippen molar-refractivity contribution >= 4 is 27.7 Å². The number of rotatable bonds is 4. The van der Waals surface area contributed by atoms with Gasteiger partial charge in [0.05, 0.1) is 4.66 Å². The average molecular weight is 278 g/mol. The van der Waals surface area contributed by atoms with Crippen molar-refractivity contribution in [3.8, 4) is 0 Å². The van der Waals surface area contributed by atoms with Crippen LogP contribution in [0.1, 0.15) is 45.4 Å². The molecule has 0 amide bonds. The zero-order valence-corrected chi connectivity index (χ0v) is 11.3. The molecule has 3 heteroatoms. The summed E-state index contributed by atoms with van der Waals surface area (Å²) in [6, 6.07) is 0. The summed E-state index contributed by atoms with van der Waals surface area (Å²) in [5.41, 5.74) is 6.46. The van der Waals surface area contributed by atoms with E-state index < -0.39 is 0 Å². The first-order valence-electron chi connectivity index (χ1n) is 5.41. The highest BCUT2D eigenvalue weighted by Gasteiger charge is 2.31. The van der Waals surface area contributed by atoms with E-state index in [1.165, 1.54) is 37.0 Å². The molecule has 1 aliphatic carbocycles. The SMILES string of the molecule is CC/C=C(\SCBr)C1(N)CCCCC1. The van der Waals surface area contributed by atoms with E-state index >= 15 is 0 Å². The van der Waals surface area contributed by atoms with E-state index in [9.17, 15) is 0 Å². The van der Waals surface area contributed by atoms with E-state index in [0.717, 1.165) is 11.1 Å². The van der Waals surface area contributed by atoms with Crippen LogP contribution in [0, 0.1) is 0 Å². The highest BCUT2D eigenvalue weighted by molar-refractivity contribution is 9.11. The lowest BCUT2D eigenvalue weighted by atomic mass is 9.82. The van der Waals surface area contributed by atoms with Gasteiger partial charge in [-0.25, -0.2) is 0 Å². The first-order valence-corrected chi connectivity index (χ1v) is 7.52. The monoisotopic (exact) mass is 277 g/mol. The zero-order valence-electron chi connectivity index (χ0n) is 8.89. The number of nitrogens with two attached hydrogens (primary N) is 1. The van der Waals surface area contributed by atoms with E-state index in [1.54, 1.807) is 0 Å². The second-order valence-corrected chi connectivity index (χ2v) is 6.27. The van der Waals surface area contributed by atoms with Crippen molar-refractivity contribution in [1.82, 2.24) is 0 Å². The maximum atomic E-state index is 6.47. The fraction of sp³-hybridized carbons (Fsp3) is 0.818. The van der Waals surface area contributed by atoms with E-state index in [2.05, 4.69) is 28.9 Å². The molecular weight excluding hydrogens is 258 g/mol. The topological polar surface area (TPSA) is 26.0 Å². The molecule has 0 unspecified atom stereocenters. The molecule has 0 heterocycles. The van der Waals surface area contributed by atoms with Crippen molar-refractivity contribution < 1.29 is 0 Å². The molecule has 0 aliphatic heterocycles. The van der Waals surface area contributed by atoms with Gasteiger partial charge >= 0.3 is 0 Å². The minimum atomic E-state index is -0.00725. The number of allylic oxidation sites excluding steroid dienone is 1. The molecule has 0 saturated heterocycles. The Hall–Kier alpha value is 0.530. The van der Waals surface area contributed by atoms with Crippen molar-refractivity contribution in [3.63, 3.8) is 0 Å². The fourth-order valence-corrected chi connectivity index (χ4v) is 3.71. The third kappa shape index (κ3) is 3.28. The highest BCUT2D eigenvalue weighted by atomic mass is 79.9. The lowest BCUT2D eigenvalue weighted by Gasteiger charge is -2.35. The van der Waals surface area contributed by atoms with Crippen molar-refractivity contribution in [2.24, 2.45) is 5.73 Å². The molecule has 0 aromatic rings. The third-order valence-electron chi connectivity index (χ3n) is 2.84. The molecular formula is C11H20BrNS. The van der Waals surface area contributed by atoms with Crippen LogP contribution in [0.3, 0.4) is 0 Å². The van der Waals surface area contributed by atoms with Crippen molar-refractivity contribution in [1.29, 1.82) is 0 Å². The minimum Gasteiger partial charge on any atom is -0.321 e. The number of hydrogen-bond donors (Lipinski definition) is 1. The van der Waals surface area contributed by atoms with Crippen LogP contribution in [-0.2, 0) is 0 Å². The minimum absolute atomic E-state index is 0.00725. The third-order valence-corrected chi connectivity index (χ3v) is 4.52. The summed E-state index contributed by atoms with van der Waals surface area (Å²) in [7, 11) is 0. The fourth-order valence-electron chi connectivity index (χ4n) is 2.08. The van der Waals surface area contributed by atoms with Crippen LogP contribution >= 0.6 is 27.7 Å². The molecule has 0 atom stereocenters. The average Bonchev–Trinajstić information content (AvgIpc) is 2.19. The molecule has 14 heavy (non-hydrogen) atoms. The van der Waals surface area contributed by atoms with Crippen LogP contribution in [0.4, 0.5) is 0 Å². The summed E-state index contributed by atoms with van der Waals surface area (Å²) < 4.78 is 0.956. The summed E-state index contributed by atoms with van der Waals surface area (Å²) in [5, 5.41) is 0. The Morgan fingerprint density at radius 2 is 2.07 bits per heavy atom. The first-order chi connectivity index (χ1) is 6.73. The predicted molar refractivity (Wildman–Crippen MR) is 69.8 cm³/mol. The van der Waals surface area contributed by atoms with Gasteiger partial charge in [0.2, 0.25) is 0 Å². The van der Waals surface area contributed by atoms with Crippen molar-refractivity contribution in [2.45, 2.75) is 51.0 Å². The number of hydrogen-bond acceptors (Lipinski definition) is 2. The van der Waals surface area contributed by atoms with Gasteiger partial charge in [0.15, 0.2) is 0 Å². The van der Waals surface area contributed by atoms with Crippen LogP contribution in [0.5, 0.6) is 0 Å². The summed E-state index contributed by atoms with van der Waals surface area (Å²) in [4.78, 5) is 1.40. The molecule has 0 radical (unpaired) electrons.